The van der Waals surface area contributed by atoms with Crippen molar-refractivity contribution in [2.75, 3.05) is 17.4 Å². The van der Waals surface area contributed by atoms with Crippen LogP contribution in [0.5, 0.6) is 11.5 Å². The number of nitro benzene ring substituents is 1. The van der Waals surface area contributed by atoms with Crippen LogP contribution in [0.1, 0.15) is 35.4 Å². The number of aromatic nitrogens is 1. The smallest absolute Gasteiger partial charge is 0.417 e. The minimum atomic E-state index is -4.79. The molecule has 3 heterocycles. The van der Waals surface area contributed by atoms with E-state index in [0.29, 0.717) is 39.0 Å². The number of nitro groups is 1. The molecule has 8 rings (SSSR count). The molecule has 0 radical (unpaired) electrons. The summed E-state index contributed by atoms with van der Waals surface area (Å²) in [5, 5.41) is 22.6. The molecule has 0 spiro atoms. The van der Waals surface area contributed by atoms with Gasteiger partial charge in [0.1, 0.15) is 0 Å². The summed E-state index contributed by atoms with van der Waals surface area (Å²) >= 11 is 16.0. The van der Waals surface area contributed by atoms with Crippen LogP contribution in [0.2, 0.25) is 10.0 Å². The van der Waals surface area contributed by atoms with Gasteiger partial charge in [0.25, 0.3) is 17.5 Å². The van der Waals surface area contributed by atoms with Crippen molar-refractivity contribution in [3.05, 3.63) is 126 Å². The predicted molar refractivity (Wildman–Crippen MR) is 205 cm³/mol. The van der Waals surface area contributed by atoms with Gasteiger partial charge in [0.05, 0.1) is 55.9 Å². The number of phenols is 1. The van der Waals surface area contributed by atoms with E-state index in [-0.39, 0.29) is 40.2 Å². The number of carbonyl (C=O) groups is 4. The van der Waals surface area contributed by atoms with E-state index in [1.807, 2.05) is 0 Å². The molecule has 3 fully saturated rings. The molecule has 4 aliphatic rings. The highest BCUT2D eigenvalue weighted by molar-refractivity contribution is 9.10. The second kappa shape index (κ2) is 14.1. The van der Waals surface area contributed by atoms with Crippen LogP contribution in [-0.4, -0.2) is 50.8 Å². The zero-order valence-corrected chi connectivity index (χ0v) is 32.8. The van der Waals surface area contributed by atoms with E-state index in [1.54, 1.807) is 24.3 Å². The number of nitrogens with zero attached hydrogens (tertiary/aromatic N) is 4. The van der Waals surface area contributed by atoms with E-state index >= 15 is 4.79 Å². The van der Waals surface area contributed by atoms with E-state index in [1.165, 1.54) is 49.6 Å². The number of nitrogens with one attached hydrogen (secondary N) is 1. The van der Waals surface area contributed by atoms with Crippen LogP contribution < -0.4 is 15.1 Å². The lowest BCUT2D eigenvalue weighted by Crippen LogP contribution is -2.53. The van der Waals surface area contributed by atoms with Crippen LogP contribution in [0.25, 0.3) is 0 Å². The first-order valence-corrected chi connectivity index (χ1v) is 19.1. The van der Waals surface area contributed by atoms with Crippen molar-refractivity contribution in [3.8, 4) is 11.5 Å². The Morgan fingerprint density at radius 3 is 2.31 bits per heavy atom. The number of carbonyl (C=O) groups excluding carboxylic acids is 4. The van der Waals surface area contributed by atoms with Gasteiger partial charge >= 0.3 is 6.18 Å². The van der Waals surface area contributed by atoms with Crippen LogP contribution in [-0.2, 0) is 30.8 Å². The highest BCUT2D eigenvalue weighted by atomic mass is 79.9. The van der Waals surface area contributed by atoms with Gasteiger partial charge in [-0.15, -0.1) is 0 Å². The van der Waals surface area contributed by atoms with Crippen molar-refractivity contribution in [2.24, 2.45) is 23.7 Å². The first kappa shape index (κ1) is 39.3. The number of anilines is 2. The molecule has 6 atom stereocenters. The Hall–Kier alpha value is -5.52. The number of rotatable bonds is 7. The summed E-state index contributed by atoms with van der Waals surface area (Å²) in [5.41, 5.74) is 0.677. The van der Waals surface area contributed by atoms with E-state index in [0.717, 1.165) is 4.90 Å². The average molecular weight is 901 g/mol. The summed E-state index contributed by atoms with van der Waals surface area (Å²) in [6, 6.07) is 14.9. The number of fused-ring (bicyclic) bond motifs is 4. The van der Waals surface area contributed by atoms with Crippen molar-refractivity contribution in [3.63, 3.8) is 0 Å². The number of benzene rings is 3. The third kappa shape index (κ3) is 5.92. The van der Waals surface area contributed by atoms with Crippen LogP contribution >= 0.6 is 39.1 Å². The number of imide groups is 2. The van der Waals surface area contributed by atoms with Gasteiger partial charge in [-0.2, -0.15) is 18.2 Å². The quantitative estimate of drug-likeness (QED) is 0.0802. The van der Waals surface area contributed by atoms with Crippen LogP contribution in [0.15, 0.2) is 89.0 Å². The predicted octanol–water partition coefficient (Wildman–Crippen LogP) is 7.98. The molecule has 3 aromatic carbocycles. The highest BCUT2D eigenvalue weighted by Gasteiger charge is 2.70. The largest absolute Gasteiger partial charge is 0.503 e. The van der Waals surface area contributed by atoms with Crippen LogP contribution in [0.4, 0.5) is 30.4 Å². The third-order valence-corrected chi connectivity index (χ3v) is 12.6. The zero-order valence-electron chi connectivity index (χ0n) is 29.7. The topological polar surface area (TPSA) is 172 Å². The minimum Gasteiger partial charge on any atom is -0.503 e. The Kier molecular flexibility index (Phi) is 9.55. The normalized spacial score (nSPS) is 25.3. The molecule has 13 nitrogen and oxygen atoms in total. The van der Waals surface area contributed by atoms with Crippen molar-refractivity contribution >= 4 is 80.0 Å². The van der Waals surface area contributed by atoms with E-state index in [2.05, 4.69) is 26.3 Å². The summed E-state index contributed by atoms with van der Waals surface area (Å²) in [6.07, 6.45) is -2.60. The second-order valence-electron chi connectivity index (χ2n) is 14.3. The number of non-ortho nitro benzene ring substituents is 1. The maximum absolute atomic E-state index is 15.4. The summed E-state index contributed by atoms with van der Waals surface area (Å²) in [5.74, 6) is -8.62. The standard InChI is InChI=1S/C39H27BrCl2F3N5O8/c1-58-29-13-17(12-27(40)32(29)51)31-23-10-11-24-30(36(54)48(34(24)52)21-6-8-22(9-7-21)50(56)57)25(23)15-26-35(53)49(37(55)38(26,31)18-2-4-20(41)5-3-18)47-33-28(42)14-19(16-46-33)39(43,44)45/h2-10,12-14,16,24-26,30-31,51H,11,15H2,1H3,(H,46,47). The first-order valence-electron chi connectivity index (χ1n) is 17.5. The van der Waals surface area contributed by atoms with Gasteiger partial charge < -0.3 is 9.84 Å². The number of hydrazine groups is 1. The number of halogens is 6. The highest BCUT2D eigenvalue weighted by Crippen LogP contribution is 2.65. The van der Waals surface area contributed by atoms with Crippen molar-refractivity contribution < 1.29 is 47.1 Å². The van der Waals surface area contributed by atoms with Crippen LogP contribution in [0.3, 0.4) is 0 Å². The van der Waals surface area contributed by atoms with Crippen molar-refractivity contribution in [1.82, 2.24) is 9.99 Å². The van der Waals surface area contributed by atoms with E-state index < -0.39 is 86.1 Å². The lowest BCUT2D eigenvalue weighted by Gasteiger charge is -2.50. The molecule has 2 aliphatic carbocycles. The Morgan fingerprint density at radius 1 is 1.00 bits per heavy atom. The molecule has 58 heavy (non-hydrogen) atoms. The third-order valence-electron chi connectivity index (χ3n) is 11.5. The fraction of sp³-hybridized carbons (Fsp3) is 0.256. The van der Waals surface area contributed by atoms with Crippen molar-refractivity contribution in [2.45, 2.75) is 30.4 Å². The average Bonchev–Trinajstić information content (AvgIpc) is 3.57. The van der Waals surface area contributed by atoms with E-state index in [9.17, 15) is 42.8 Å². The number of alkyl halides is 3. The molecule has 2 saturated heterocycles. The lowest BCUT2D eigenvalue weighted by atomic mass is 9.49. The maximum atomic E-state index is 15.4. The fourth-order valence-corrected chi connectivity index (χ4v) is 9.85. The number of amides is 4. The molecule has 298 valence electrons. The summed E-state index contributed by atoms with van der Waals surface area (Å²) in [6.45, 7) is 0. The van der Waals surface area contributed by atoms with Gasteiger partial charge in [-0.1, -0.05) is 47.0 Å². The van der Waals surface area contributed by atoms with Gasteiger partial charge in [-0.3, -0.25) is 39.6 Å². The molecule has 2 aliphatic heterocycles. The minimum absolute atomic E-state index is 0.00699. The molecule has 0 bridgehead atoms. The molecule has 1 saturated carbocycles. The summed E-state index contributed by atoms with van der Waals surface area (Å²) in [7, 11) is 1.32. The molecular formula is C39H27BrCl2F3N5O8. The van der Waals surface area contributed by atoms with E-state index in [4.69, 9.17) is 27.9 Å². The van der Waals surface area contributed by atoms with Gasteiger partial charge in [0, 0.05) is 29.3 Å². The number of ether oxygens (including phenoxy) is 1. The molecule has 4 aromatic rings. The number of aromatic hydroxyl groups is 1. The Morgan fingerprint density at radius 2 is 1.69 bits per heavy atom. The number of phenolic OH excluding ortho intramolecular Hbond substituents is 1. The lowest BCUT2D eigenvalue weighted by molar-refractivity contribution is -0.384. The van der Waals surface area contributed by atoms with Gasteiger partial charge in [-0.05, 0) is 88.3 Å². The summed E-state index contributed by atoms with van der Waals surface area (Å²) in [4.78, 5) is 74.4. The van der Waals surface area contributed by atoms with Gasteiger partial charge in [-0.25, -0.2) is 4.98 Å². The molecule has 1 aromatic heterocycles. The maximum Gasteiger partial charge on any atom is 0.417 e. The zero-order chi connectivity index (χ0) is 41.6. The number of methoxy groups -OCH3 is 1. The fourth-order valence-electron chi connectivity index (χ4n) is 9.05. The molecule has 19 heteroatoms. The number of pyridine rings is 1. The number of allylic oxidation sites excluding steroid dienone is 2. The summed E-state index contributed by atoms with van der Waals surface area (Å²) < 4.78 is 46.2. The number of hydrogen-bond donors (Lipinski definition) is 2. The Balaban J connectivity index is 1.32. The second-order valence-corrected chi connectivity index (χ2v) is 16.0. The van der Waals surface area contributed by atoms with Crippen molar-refractivity contribution in [1.29, 1.82) is 0 Å². The first-order chi connectivity index (χ1) is 27.5. The molecule has 2 N–H and O–H groups in total. The number of hydrogen-bond acceptors (Lipinski definition) is 10. The molecule has 6 unspecified atom stereocenters. The Labute approximate surface area is 344 Å². The Bertz CT molecular complexity index is 2490. The molecule has 4 amide bonds. The van der Waals surface area contributed by atoms with Gasteiger partial charge in [0.15, 0.2) is 17.3 Å². The SMILES string of the molecule is COc1cc(C2C3=CCC4C(=O)N(c5ccc([N+](=O)[O-])cc5)C(=O)C4C3CC3C(=O)N(Nc4ncc(C(F)(F)F)cc4Cl)C(=O)C32c2ccc(Cl)cc2)cc(Br)c1O. The molecular weight excluding hydrogens is 874 g/mol. The van der Waals surface area contributed by atoms with Gasteiger partial charge in [0.2, 0.25) is 11.8 Å². The monoisotopic (exact) mass is 899 g/mol. The van der Waals surface area contributed by atoms with Crippen LogP contribution in [0, 0.1) is 33.8 Å².